The second-order valence-electron chi connectivity index (χ2n) is 10.2. The summed E-state index contributed by atoms with van der Waals surface area (Å²) in [4.78, 5) is 49.7. The zero-order chi connectivity index (χ0) is 34.6. The van der Waals surface area contributed by atoms with Crippen LogP contribution in [0.1, 0.15) is 32.6 Å². The van der Waals surface area contributed by atoms with Crippen LogP contribution in [0.3, 0.4) is 0 Å². The Labute approximate surface area is 262 Å². The molecule has 0 unspecified atom stereocenters. The summed E-state index contributed by atoms with van der Waals surface area (Å²) in [6.07, 6.45) is -10.6. The molecule has 4 aromatic carbocycles. The van der Waals surface area contributed by atoms with Gasteiger partial charge in [-0.2, -0.15) is 26.3 Å². The number of carbonyl (C=O) groups is 4. The minimum Gasteiger partial charge on any atom is -0.480 e. The molecule has 0 saturated heterocycles. The summed E-state index contributed by atoms with van der Waals surface area (Å²) < 4.78 is 86.0. The van der Waals surface area contributed by atoms with Crippen LogP contribution in [0.5, 0.6) is 0 Å². The SMILES string of the molecule is O=C(Cc1ccc(NC(=O)c2ccccc2-c2ccc(C(F)(F)F)cc2)cc1C(F)(F)F)OCC(C(=O)O)(C(=O)O)c1ccccc1. The molecule has 4 rings (SSSR count). The van der Waals surface area contributed by atoms with Crippen molar-refractivity contribution in [2.24, 2.45) is 0 Å². The van der Waals surface area contributed by atoms with E-state index in [2.05, 4.69) is 5.32 Å². The minimum absolute atomic E-state index is 0.0489. The molecule has 14 heteroatoms. The number of esters is 1. The van der Waals surface area contributed by atoms with Gasteiger partial charge in [0, 0.05) is 11.3 Å². The maximum absolute atomic E-state index is 14.0. The van der Waals surface area contributed by atoms with Crippen LogP contribution in [0.25, 0.3) is 11.1 Å². The molecule has 47 heavy (non-hydrogen) atoms. The first-order valence-corrected chi connectivity index (χ1v) is 13.5. The first-order valence-electron chi connectivity index (χ1n) is 13.5. The third-order valence-corrected chi connectivity index (χ3v) is 7.15. The fourth-order valence-electron chi connectivity index (χ4n) is 4.71. The number of carboxylic acids is 2. The van der Waals surface area contributed by atoms with E-state index in [4.69, 9.17) is 4.74 Å². The lowest BCUT2D eigenvalue weighted by molar-refractivity contribution is -0.164. The molecular formula is C33H23F6NO7. The van der Waals surface area contributed by atoms with E-state index >= 15 is 0 Å². The van der Waals surface area contributed by atoms with Gasteiger partial charge < -0.3 is 20.3 Å². The number of hydrogen-bond donors (Lipinski definition) is 3. The first-order chi connectivity index (χ1) is 22.0. The molecule has 0 aliphatic rings. The molecule has 0 heterocycles. The Kier molecular flexibility index (Phi) is 9.73. The van der Waals surface area contributed by atoms with Crippen molar-refractivity contribution in [1.82, 2.24) is 0 Å². The zero-order valence-corrected chi connectivity index (χ0v) is 23.9. The highest BCUT2D eigenvalue weighted by molar-refractivity contribution is 6.09. The van der Waals surface area contributed by atoms with Crippen molar-refractivity contribution in [2.75, 3.05) is 11.9 Å². The van der Waals surface area contributed by atoms with Gasteiger partial charge in [-0.05, 0) is 52.6 Å². The van der Waals surface area contributed by atoms with Gasteiger partial charge in [0.2, 0.25) is 5.41 Å². The predicted octanol–water partition coefficient (Wildman–Crippen LogP) is 6.84. The molecule has 0 aromatic heterocycles. The summed E-state index contributed by atoms with van der Waals surface area (Å²) in [5.41, 5.74) is -5.74. The number of amides is 1. The molecule has 0 atom stereocenters. The lowest BCUT2D eigenvalue weighted by Crippen LogP contribution is -2.48. The quantitative estimate of drug-likeness (QED) is 0.0966. The predicted molar refractivity (Wildman–Crippen MR) is 154 cm³/mol. The fourth-order valence-corrected chi connectivity index (χ4v) is 4.71. The van der Waals surface area contributed by atoms with Gasteiger partial charge in [0.25, 0.3) is 5.91 Å². The number of ether oxygens (including phenoxy) is 1. The monoisotopic (exact) mass is 659 g/mol. The number of alkyl halides is 6. The van der Waals surface area contributed by atoms with Crippen LogP contribution in [0.15, 0.2) is 97.1 Å². The van der Waals surface area contributed by atoms with Crippen molar-refractivity contribution in [3.63, 3.8) is 0 Å². The van der Waals surface area contributed by atoms with Gasteiger partial charge in [0.15, 0.2) is 0 Å². The van der Waals surface area contributed by atoms with Crippen molar-refractivity contribution in [3.05, 3.63) is 125 Å². The number of aliphatic carboxylic acids is 2. The standard InChI is InChI=1S/C33H23F6NO7/c34-32(35,36)22-13-10-19(11-14-22)24-8-4-5-9-25(24)28(42)40-23-15-12-20(26(17-23)33(37,38)39)16-27(41)47-18-31(29(43)44,30(45)46)21-6-2-1-3-7-21/h1-15,17H,16,18H2,(H,40,42)(H,43,44)(H,45,46). The van der Waals surface area contributed by atoms with Crippen LogP contribution in [0, 0.1) is 0 Å². The molecule has 0 fully saturated rings. The number of hydrogen-bond acceptors (Lipinski definition) is 5. The van der Waals surface area contributed by atoms with Crippen molar-refractivity contribution < 1.29 is 60.5 Å². The summed E-state index contributed by atoms with van der Waals surface area (Å²) in [7, 11) is 0. The van der Waals surface area contributed by atoms with Crippen LogP contribution in [-0.2, 0) is 43.3 Å². The highest BCUT2D eigenvalue weighted by atomic mass is 19.4. The molecule has 0 aliphatic heterocycles. The molecule has 0 saturated carbocycles. The number of rotatable bonds is 10. The Morgan fingerprint density at radius 1 is 0.681 bits per heavy atom. The number of carboxylic acid groups (broad SMARTS) is 2. The summed E-state index contributed by atoms with van der Waals surface area (Å²) >= 11 is 0. The number of carbonyl (C=O) groups excluding carboxylic acids is 2. The molecule has 0 spiro atoms. The maximum atomic E-state index is 14.0. The lowest BCUT2D eigenvalue weighted by atomic mass is 9.81. The minimum atomic E-state index is -5.04. The molecule has 3 N–H and O–H groups in total. The molecule has 0 radical (unpaired) electrons. The Hall–Kier alpha value is -5.66. The van der Waals surface area contributed by atoms with Crippen LogP contribution in [-0.4, -0.2) is 40.6 Å². The van der Waals surface area contributed by atoms with Crippen LogP contribution < -0.4 is 5.32 Å². The van der Waals surface area contributed by atoms with Gasteiger partial charge >= 0.3 is 30.3 Å². The van der Waals surface area contributed by atoms with Crippen LogP contribution >= 0.6 is 0 Å². The third kappa shape index (κ3) is 7.60. The van der Waals surface area contributed by atoms with E-state index in [1.807, 2.05) is 0 Å². The van der Waals surface area contributed by atoms with E-state index in [-0.39, 0.29) is 27.9 Å². The van der Waals surface area contributed by atoms with Gasteiger partial charge in [0.05, 0.1) is 17.5 Å². The Balaban J connectivity index is 1.55. The topological polar surface area (TPSA) is 130 Å². The van der Waals surface area contributed by atoms with Gasteiger partial charge in [0.1, 0.15) is 6.61 Å². The molecule has 4 aromatic rings. The molecular weight excluding hydrogens is 636 g/mol. The van der Waals surface area contributed by atoms with Crippen LogP contribution in [0.4, 0.5) is 32.0 Å². The zero-order valence-electron chi connectivity index (χ0n) is 23.9. The Morgan fingerprint density at radius 2 is 1.28 bits per heavy atom. The van der Waals surface area contributed by atoms with E-state index in [1.54, 1.807) is 0 Å². The number of nitrogens with one attached hydrogen (secondary N) is 1. The molecule has 244 valence electrons. The molecule has 0 aliphatic carbocycles. The van der Waals surface area contributed by atoms with E-state index in [1.165, 1.54) is 54.6 Å². The van der Waals surface area contributed by atoms with E-state index in [9.17, 15) is 55.7 Å². The summed E-state index contributed by atoms with van der Waals surface area (Å²) in [6.45, 7) is -1.21. The van der Waals surface area contributed by atoms with Crippen LogP contribution in [0.2, 0.25) is 0 Å². The van der Waals surface area contributed by atoms with E-state index in [0.717, 1.165) is 36.4 Å². The fraction of sp³-hybridized carbons (Fsp3) is 0.152. The molecule has 1 amide bonds. The van der Waals surface area contributed by atoms with Gasteiger partial charge in [-0.15, -0.1) is 0 Å². The van der Waals surface area contributed by atoms with Crippen molar-refractivity contribution in [3.8, 4) is 11.1 Å². The van der Waals surface area contributed by atoms with E-state index < -0.39 is 71.3 Å². The largest absolute Gasteiger partial charge is 0.480 e. The maximum Gasteiger partial charge on any atom is 0.416 e. The Bertz CT molecular complexity index is 1790. The number of benzene rings is 4. The summed E-state index contributed by atoms with van der Waals surface area (Å²) in [5, 5.41) is 21.7. The molecule has 8 nitrogen and oxygen atoms in total. The lowest BCUT2D eigenvalue weighted by Gasteiger charge is -2.25. The molecule has 0 bridgehead atoms. The summed E-state index contributed by atoms with van der Waals surface area (Å²) in [6, 6.07) is 18.8. The number of anilines is 1. The second kappa shape index (κ2) is 13.4. The average Bonchev–Trinajstić information content (AvgIpc) is 3.01. The smallest absolute Gasteiger partial charge is 0.416 e. The highest BCUT2D eigenvalue weighted by Gasteiger charge is 2.50. The van der Waals surface area contributed by atoms with Crippen molar-refractivity contribution in [2.45, 2.75) is 24.2 Å². The van der Waals surface area contributed by atoms with Crippen molar-refractivity contribution in [1.29, 1.82) is 0 Å². The summed E-state index contributed by atoms with van der Waals surface area (Å²) in [5.74, 6) is -5.94. The Morgan fingerprint density at radius 3 is 1.85 bits per heavy atom. The second-order valence-corrected chi connectivity index (χ2v) is 10.2. The van der Waals surface area contributed by atoms with Gasteiger partial charge in [-0.25, -0.2) is 0 Å². The van der Waals surface area contributed by atoms with Crippen molar-refractivity contribution >= 4 is 29.5 Å². The van der Waals surface area contributed by atoms with Gasteiger partial charge in [-0.3, -0.25) is 19.2 Å². The normalized spacial score (nSPS) is 11.9. The van der Waals surface area contributed by atoms with Gasteiger partial charge in [-0.1, -0.05) is 66.7 Å². The third-order valence-electron chi connectivity index (χ3n) is 7.15. The number of halogens is 6. The average molecular weight is 660 g/mol. The highest BCUT2D eigenvalue weighted by Crippen LogP contribution is 2.36. The first kappa shape index (κ1) is 34.2. The van der Waals surface area contributed by atoms with E-state index in [0.29, 0.717) is 6.07 Å².